The zero-order valence-corrected chi connectivity index (χ0v) is 19.1. The third kappa shape index (κ3) is 4.30. The van der Waals surface area contributed by atoms with Crippen molar-refractivity contribution in [2.75, 3.05) is 13.1 Å². The lowest BCUT2D eigenvalue weighted by atomic mass is 10.0. The monoisotopic (exact) mass is 472 g/mol. The van der Waals surface area contributed by atoms with Gasteiger partial charge < -0.3 is 20.4 Å². The number of aromatic amines is 2. The van der Waals surface area contributed by atoms with Crippen LogP contribution < -0.4 is 10.9 Å². The Morgan fingerprint density at radius 3 is 2.73 bits per heavy atom. The van der Waals surface area contributed by atoms with Crippen LogP contribution in [0.4, 0.5) is 0 Å². The topological polar surface area (TPSA) is 135 Å². The molecule has 2 aromatic heterocycles. The van der Waals surface area contributed by atoms with Gasteiger partial charge in [-0.1, -0.05) is 0 Å². The minimum Gasteiger partial charge on any atom is -0.481 e. The Labute approximate surface area is 191 Å². The number of carboxylic acid groups (broad SMARTS) is 1. The number of carboxylic acids is 1. The number of aromatic nitrogens is 2. The molecule has 4 N–H and O–H groups in total. The third-order valence-corrected chi connectivity index (χ3v) is 8.57. The molecule has 1 aromatic carbocycles. The Kier molecular flexibility index (Phi) is 5.75. The second-order valence-corrected chi connectivity index (χ2v) is 11.0. The summed E-state index contributed by atoms with van der Waals surface area (Å²) >= 11 is 0. The molecule has 10 heteroatoms. The van der Waals surface area contributed by atoms with E-state index in [9.17, 15) is 18.0 Å². The highest BCUT2D eigenvalue weighted by atomic mass is 32.2. The zero-order chi connectivity index (χ0) is 23.2. The maximum Gasteiger partial charge on any atom is 0.303 e. The summed E-state index contributed by atoms with van der Waals surface area (Å²) in [5.74, 6) is -0.872. The van der Waals surface area contributed by atoms with Crippen molar-refractivity contribution >= 4 is 37.8 Å². The normalized spacial score (nSPS) is 19.1. The average molecular weight is 473 g/mol. The highest BCUT2D eigenvalue weighted by Crippen LogP contribution is 2.34. The number of hydrogen-bond donors (Lipinski definition) is 4. The molecule has 0 radical (unpaired) electrons. The molecule has 1 saturated carbocycles. The molecule has 5 rings (SSSR count). The number of sulfonamides is 1. The smallest absolute Gasteiger partial charge is 0.303 e. The minimum absolute atomic E-state index is 0.0268. The lowest BCUT2D eigenvalue weighted by Crippen LogP contribution is -2.42. The standard InChI is InChI=1S/C23H28N4O5S/c28-20(29)5-1-3-14-12-25-22-21(14)18-11-17(8-9-19(18)26-23(22)30)33(31,32)27(16-6-7-16)13-15-4-2-10-24-15/h8-9,11-12,15-16,24-25H,1-7,10,13H2,(H,26,30)(H,28,29)/t15-/m1/s1. The molecule has 1 aliphatic heterocycles. The summed E-state index contributed by atoms with van der Waals surface area (Å²) in [6.07, 6.45) is 6.43. The van der Waals surface area contributed by atoms with Crippen LogP contribution in [0.2, 0.25) is 0 Å². The molecule has 2 aliphatic rings. The van der Waals surface area contributed by atoms with Crippen LogP contribution in [0.3, 0.4) is 0 Å². The summed E-state index contributed by atoms with van der Waals surface area (Å²) in [7, 11) is -3.71. The number of aryl methyl sites for hydroxylation is 1. The maximum atomic E-state index is 13.7. The second kappa shape index (κ2) is 8.58. The molecule has 0 bridgehead atoms. The van der Waals surface area contributed by atoms with Crippen LogP contribution >= 0.6 is 0 Å². The predicted molar refractivity (Wildman–Crippen MR) is 125 cm³/mol. The Balaban J connectivity index is 1.56. The van der Waals surface area contributed by atoms with Gasteiger partial charge in [0.25, 0.3) is 5.56 Å². The Bertz CT molecular complexity index is 1370. The van der Waals surface area contributed by atoms with Crippen molar-refractivity contribution in [3.63, 3.8) is 0 Å². The Morgan fingerprint density at radius 2 is 2.03 bits per heavy atom. The van der Waals surface area contributed by atoms with Gasteiger partial charge in [-0.15, -0.1) is 0 Å². The van der Waals surface area contributed by atoms with Crippen LogP contribution in [-0.4, -0.2) is 58.9 Å². The zero-order valence-electron chi connectivity index (χ0n) is 18.3. The number of carbonyl (C=O) groups is 1. The molecule has 3 aromatic rings. The molecule has 1 saturated heterocycles. The van der Waals surface area contributed by atoms with Crippen LogP contribution in [0.25, 0.3) is 21.8 Å². The molecule has 0 unspecified atom stereocenters. The van der Waals surface area contributed by atoms with Crippen molar-refractivity contribution in [1.29, 1.82) is 0 Å². The molecule has 3 heterocycles. The van der Waals surface area contributed by atoms with Crippen molar-refractivity contribution in [2.24, 2.45) is 0 Å². The van der Waals surface area contributed by atoms with E-state index in [-0.39, 0.29) is 29.0 Å². The Hall–Kier alpha value is -2.69. The first-order valence-corrected chi connectivity index (χ1v) is 12.9. The fourth-order valence-corrected chi connectivity index (χ4v) is 6.59. The number of benzene rings is 1. The van der Waals surface area contributed by atoms with Crippen molar-refractivity contribution in [1.82, 2.24) is 19.6 Å². The van der Waals surface area contributed by atoms with Crippen molar-refractivity contribution in [3.05, 3.63) is 40.3 Å². The molecule has 2 fully saturated rings. The van der Waals surface area contributed by atoms with Gasteiger partial charge in [-0.2, -0.15) is 4.31 Å². The number of nitrogens with one attached hydrogen (secondary N) is 3. The summed E-state index contributed by atoms with van der Waals surface area (Å²) in [4.78, 5) is 29.5. The molecule has 9 nitrogen and oxygen atoms in total. The molecule has 0 amide bonds. The van der Waals surface area contributed by atoms with E-state index < -0.39 is 16.0 Å². The van der Waals surface area contributed by atoms with Gasteiger partial charge in [-0.05, 0) is 68.8 Å². The first-order valence-electron chi connectivity index (χ1n) is 11.5. The fraction of sp³-hybridized carbons (Fsp3) is 0.478. The maximum absolute atomic E-state index is 13.7. The molecular weight excluding hydrogens is 444 g/mol. The van der Waals surface area contributed by atoms with E-state index in [1.165, 1.54) is 0 Å². The van der Waals surface area contributed by atoms with Crippen molar-refractivity contribution < 1.29 is 18.3 Å². The lowest BCUT2D eigenvalue weighted by molar-refractivity contribution is -0.137. The molecule has 0 spiro atoms. The average Bonchev–Trinajstić information content (AvgIpc) is 3.29. The van der Waals surface area contributed by atoms with Crippen LogP contribution in [0.5, 0.6) is 0 Å². The van der Waals surface area contributed by atoms with E-state index in [0.717, 1.165) is 37.8 Å². The van der Waals surface area contributed by atoms with Crippen molar-refractivity contribution in [3.8, 4) is 0 Å². The van der Waals surface area contributed by atoms with Gasteiger partial charge in [0.2, 0.25) is 10.0 Å². The molecule has 1 atom stereocenters. The van der Waals surface area contributed by atoms with Gasteiger partial charge >= 0.3 is 5.97 Å². The highest BCUT2D eigenvalue weighted by molar-refractivity contribution is 7.89. The first kappa shape index (κ1) is 22.1. The third-order valence-electron chi connectivity index (χ3n) is 6.66. The van der Waals surface area contributed by atoms with E-state index in [1.807, 2.05) is 0 Å². The summed E-state index contributed by atoms with van der Waals surface area (Å²) in [6.45, 7) is 1.39. The van der Waals surface area contributed by atoms with Crippen molar-refractivity contribution in [2.45, 2.75) is 61.9 Å². The van der Waals surface area contributed by atoms with Crippen LogP contribution in [0.1, 0.15) is 44.1 Å². The quantitative estimate of drug-likeness (QED) is 0.377. The molecular formula is C23H28N4O5S. The number of pyridine rings is 1. The van der Waals surface area contributed by atoms with E-state index in [1.54, 1.807) is 28.7 Å². The molecule has 1 aliphatic carbocycles. The predicted octanol–water partition coefficient (Wildman–Crippen LogP) is 2.32. The lowest BCUT2D eigenvalue weighted by Gasteiger charge is -2.25. The van der Waals surface area contributed by atoms with Gasteiger partial charge in [0.05, 0.1) is 4.90 Å². The van der Waals surface area contributed by atoms with E-state index in [0.29, 0.717) is 41.2 Å². The van der Waals surface area contributed by atoms with Gasteiger partial charge in [-0.3, -0.25) is 9.59 Å². The van der Waals surface area contributed by atoms with Gasteiger partial charge in [0.1, 0.15) is 5.52 Å². The molecule has 33 heavy (non-hydrogen) atoms. The van der Waals surface area contributed by atoms with E-state index >= 15 is 0 Å². The van der Waals surface area contributed by atoms with Gasteiger partial charge in [0, 0.05) is 47.5 Å². The molecule has 176 valence electrons. The number of H-pyrrole nitrogens is 2. The fourth-order valence-electron chi connectivity index (χ4n) is 4.83. The van der Waals surface area contributed by atoms with E-state index in [2.05, 4.69) is 15.3 Å². The highest BCUT2D eigenvalue weighted by Gasteiger charge is 2.39. The Morgan fingerprint density at radius 1 is 1.21 bits per heavy atom. The minimum atomic E-state index is -3.71. The number of hydrogen-bond acceptors (Lipinski definition) is 5. The van der Waals surface area contributed by atoms with Crippen LogP contribution in [0, 0.1) is 0 Å². The van der Waals surface area contributed by atoms with Crippen LogP contribution in [0.15, 0.2) is 34.1 Å². The van der Waals surface area contributed by atoms with Gasteiger partial charge in [-0.25, -0.2) is 8.42 Å². The number of rotatable bonds is 9. The number of nitrogens with zero attached hydrogens (tertiary/aromatic N) is 1. The summed E-state index contributed by atoms with van der Waals surface area (Å²) in [6, 6.07) is 5.08. The summed E-state index contributed by atoms with van der Waals surface area (Å²) in [5.41, 5.74) is 1.45. The first-order chi connectivity index (χ1) is 15.8. The largest absolute Gasteiger partial charge is 0.481 e. The number of aliphatic carboxylic acids is 1. The second-order valence-electron chi connectivity index (χ2n) is 9.07. The van der Waals surface area contributed by atoms with Gasteiger partial charge in [0.15, 0.2) is 0 Å². The SMILES string of the molecule is O=C(O)CCCc1c[nH]c2c(=O)[nH]c3ccc(S(=O)(=O)N(C[C@H]4CCCN4)C4CC4)cc3c12. The van der Waals surface area contributed by atoms with Crippen LogP contribution in [-0.2, 0) is 21.2 Å². The summed E-state index contributed by atoms with van der Waals surface area (Å²) in [5, 5.41) is 13.7. The van der Waals surface area contributed by atoms with E-state index in [4.69, 9.17) is 5.11 Å². The number of fused-ring (bicyclic) bond motifs is 3. The summed E-state index contributed by atoms with van der Waals surface area (Å²) < 4.78 is 29.0.